The zero-order chi connectivity index (χ0) is 25.8. The lowest BCUT2D eigenvalue weighted by molar-refractivity contribution is -0.140. The average molecular weight is 514 g/mol. The molecular formula is C29H27N3O4S. The highest BCUT2D eigenvalue weighted by atomic mass is 32.1. The first-order valence-corrected chi connectivity index (χ1v) is 13.1. The highest BCUT2D eigenvalue weighted by Crippen LogP contribution is 2.39. The normalized spacial score (nSPS) is 13.6. The third-order valence-corrected chi connectivity index (χ3v) is 7.24. The van der Waals surface area contributed by atoms with Crippen LogP contribution in [0.1, 0.15) is 24.8 Å². The SMILES string of the molecule is COc1ccc(-c2ccccc2-c2csc(N(C(=O)C(CC(=O)O)Cc3ccccc3)C3CC3)n2)cn1. The van der Waals surface area contributed by atoms with Crippen molar-refractivity contribution in [2.45, 2.75) is 31.7 Å². The first kappa shape index (κ1) is 24.6. The fourth-order valence-corrected chi connectivity index (χ4v) is 5.33. The lowest BCUT2D eigenvalue weighted by Gasteiger charge is -2.25. The van der Waals surface area contributed by atoms with Crippen LogP contribution in [0.5, 0.6) is 5.88 Å². The lowest BCUT2D eigenvalue weighted by Crippen LogP contribution is -2.39. The van der Waals surface area contributed by atoms with Crippen molar-refractivity contribution in [3.05, 3.63) is 83.9 Å². The van der Waals surface area contributed by atoms with E-state index in [1.807, 2.05) is 72.1 Å². The molecule has 0 radical (unpaired) electrons. The highest BCUT2D eigenvalue weighted by molar-refractivity contribution is 7.14. The number of rotatable bonds is 10. The van der Waals surface area contributed by atoms with Gasteiger partial charge in [0.25, 0.3) is 0 Å². The predicted molar refractivity (Wildman–Crippen MR) is 144 cm³/mol. The number of carbonyl (C=O) groups is 2. The second-order valence-electron chi connectivity index (χ2n) is 9.07. The summed E-state index contributed by atoms with van der Waals surface area (Å²) < 4.78 is 5.19. The standard InChI is InChI=1S/C29H27N3O4S/c1-36-26-14-11-20(17-30-26)23-9-5-6-10-24(23)25-18-37-29(31-25)32(22-12-13-22)28(35)21(16-27(33)34)15-19-7-3-2-4-8-19/h2-11,14,17-18,21-22H,12-13,15-16H2,1H3,(H,33,34). The van der Waals surface area contributed by atoms with Gasteiger partial charge in [0.1, 0.15) is 0 Å². The summed E-state index contributed by atoms with van der Waals surface area (Å²) >= 11 is 1.41. The molecule has 1 aliphatic carbocycles. The predicted octanol–water partition coefficient (Wildman–Crippen LogP) is 5.71. The number of benzene rings is 2. The molecule has 2 aromatic carbocycles. The molecule has 4 aromatic rings. The van der Waals surface area contributed by atoms with E-state index in [9.17, 15) is 14.7 Å². The highest BCUT2D eigenvalue weighted by Gasteiger charge is 2.39. The maximum atomic E-state index is 13.8. The average Bonchev–Trinajstić information content (AvgIpc) is 3.64. The molecule has 2 aromatic heterocycles. The van der Waals surface area contributed by atoms with Gasteiger partial charge in [-0.05, 0) is 36.5 Å². The van der Waals surface area contributed by atoms with Gasteiger partial charge in [-0.2, -0.15) is 0 Å². The number of carbonyl (C=O) groups excluding carboxylic acids is 1. The molecular weight excluding hydrogens is 486 g/mol. The van der Waals surface area contributed by atoms with E-state index in [4.69, 9.17) is 9.72 Å². The van der Waals surface area contributed by atoms with Crippen LogP contribution in [0.4, 0.5) is 5.13 Å². The monoisotopic (exact) mass is 513 g/mol. The number of ether oxygens (including phenoxy) is 1. The summed E-state index contributed by atoms with van der Waals surface area (Å²) in [6.45, 7) is 0. The van der Waals surface area contributed by atoms with E-state index >= 15 is 0 Å². The van der Waals surface area contributed by atoms with Crippen molar-refractivity contribution in [3.8, 4) is 28.3 Å². The third-order valence-electron chi connectivity index (χ3n) is 6.40. The second kappa shape index (κ2) is 10.9. The minimum atomic E-state index is -0.980. The Kier molecular flexibility index (Phi) is 7.28. The van der Waals surface area contributed by atoms with Crippen molar-refractivity contribution in [2.75, 3.05) is 12.0 Å². The maximum Gasteiger partial charge on any atom is 0.304 e. The Bertz CT molecular complexity index is 1380. The molecule has 1 atom stereocenters. The molecule has 0 saturated heterocycles. The van der Waals surface area contributed by atoms with Crippen molar-refractivity contribution in [1.29, 1.82) is 0 Å². The van der Waals surface area contributed by atoms with E-state index in [1.54, 1.807) is 18.2 Å². The first-order chi connectivity index (χ1) is 18.0. The van der Waals surface area contributed by atoms with Crippen LogP contribution in [0.15, 0.2) is 78.3 Å². The van der Waals surface area contributed by atoms with Gasteiger partial charge in [-0.25, -0.2) is 9.97 Å². The topological polar surface area (TPSA) is 92.6 Å². The van der Waals surface area contributed by atoms with Crippen molar-refractivity contribution in [3.63, 3.8) is 0 Å². The summed E-state index contributed by atoms with van der Waals surface area (Å²) in [5, 5.41) is 12.1. The van der Waals surface area contributed by atoms with Crippen molar-refractivity contribution in [2.24, 2.45) is 5.92 Å². The number of methoxy groups -OCH3 is 1. The van der Waals surface area contributed by atoms with Gasteiger partial charge >= 0.3 is 5.97 Å². The van der Waals surface area contributed by atoms with Gasteiger partial charge in [-0.3, -0.25) is 14.5 Å². The molecule has 1 fully saturated rings. The van der Waals surface area contributed by atoms with Crippen LogP contribution in [-0.4, -0.2) is 40.1 Å². The number of anilines is 1. The van der Waals surface area contributed by atoms with Crippen LogP contribution in [-0.2, 0) is 16.0 Å². The zero-order valence-corrected chi connectivity index (χ0v) is 21.2. The van der Waals surface area contributed by atoms with Gasteiger partial charge in [-0.15, -0.1) is 11.3 Å². The Labute approximate surface area is 219 Å². The Hall–Kier alpha value is -4.04. The number of aromatic nitrogens is 2. The smallest absolute Gasteiger partial charge is 0.304 e. The molecule has 5 rings (SSSR count). The van der Waals surface area contributed by atoms with Crippen LogP contribution in [0.25, 0.3) is 22.4 Å². The molecule has 8 heteroatoms. The summed E-state index contributed by atoms with van der Waals surface area (Å²) in [7, 11) is 1.58. The Morgan fingerprint density at radius 3 is 2.43 bits per heavy atom. The number of aliphatic carboxylic acids is 1. The Balaban J connectivity index is 1.45. The number of nitrogens with zero attached hydrogens (tertiary/aromatic N) is 3. The number of hydrogen-bond acceptors (Lipinski definition) is 6. The number of carboxylic acid groups (broad SMARTS) is 1. The number of amides is 1. The van der Waals surface area contributed by atoms with E-state index in [-0.39, 0.29) is 18.4 Å². The summed E-state index contributed by atoms with van der Waals surface area (Å²) in [5.74, 6) is -1.28. The molecule has 1 N–H and O–H groups in total. The number of pyridine rings is 1. The first-order valence-electron chi connectivity index (χ1n) is 12.2. The largest absolute Gasteiger partial charge is 0.481 e. The van der Waals surface area contributed by atoms with E-state index in [2.05, 4.69) is 4.98 Å². The van der Waals surface area contributed by atoms with Crippen LogP contribution in [0.3, 0.4) is 0 Å². The molecule has 37 heavy (non-hydrogen) atoms. The summed E-state index contributed by atoms with van der Waals surface area (Å²) in [6, 6.07) is 21.3. The van der Waals surface area contributed by atoms with E-state index in [0.29, 0.717) is 17.4 Å². The molecule has 1 amide bonds. The van der Waals surface area contributed by atoms with Crippen molar-refractivity contribution >= 4 is 28.3 Å². The fraction of sp³-hybridized carbons (Fsp3) is 0.241. The van der Waals surface area contributed by atoms with Crippen LogP contribution in [0, 0.1) is 5.92 Å². The molecule has 1 unspecified atom stereocenters. The van der Waals surface area contributed by atoms with Crippen LogP contribution < -0.4 is 9.64 Å². The Morgan fingerprint density at radius 1 is 1.05 bits per heavy atom. The molecule has 2 heterocycles. The summed E-state index contributed by atoms with van der Waals surface area (Å²) in [4.78, 5) is 36.4. The second-order valence-corrected chi connectivity index (χ2v) is 9.91. The van der Waals surface area contributed by atoms with Gasteiger partial charge in [0.15, 0.2) is 5.13 Å². The van der Waals surface area contributed by atoms with Gasteiger partial charge in [-0.1, -0.05) is 54.6 Å². The molecule has 1 aliphatic rings. The third kappa shape index (κ3) is 5.70. The van der Waals surface area contributed by atoms with E-state index in [0.717, 1.165) is 40.8 Å². The van der Waals surface area contributed by atoms with Crippen LogP contribution in [0.2, 0.25) is 0 Å². The molecule has 7 nitrogen and oxygen atoms in total. The fourth-order valence-electron chi connectivity index (χ4n) is 4.43. The van der Waals surface area contributed by atoms with Crippen LogP contribution >= 0.6 is 11.3 Å². The Morgan fingerprint density at radius 2 is 1.78 bits per heavy atom. The number of hydrogen-bond donors (Lipinski definition) is 1. The summed E-state index contributed by atoms with van der Waals surface area (Å²) in [6.07, 6.45) is 3.70. The number of thiazole rings is 1. The minimum absolute atomic E-state index is 0.0552. The molecule has 0 aliphatic heterocycles. The number of carboxylic acids is 1. The van der Waals surface area contributed by atoms with Gasteiger partial charge < -0.3 is 9.84 Å². The van der Waals surface area contributed by atoms with E-state index in [1.165, 1.54) is 11.3 Å². The molecule has 0 bridgehead atoms. The molecule has 0 spiro atoms. The van der Waals surface area contributed by atoms with Gasteiger partial charge in [0, 0.05) is 34.8 Å². The molecule has 188 valence electrons. The van der Waals surface area contributed by atoms with Gasteiger partial charge in [0.2, 0.25) is 11.8 Å². The maximum absolute atomic E-state index is 13.8. The quantitative estimate of drug-likeness (QED) is 0.292. The van der Waals surface area contributed by atoms with Crippen molar-refractivity contribution in [1.82, 2.24) is 9.97 Å². The molecule has 1 saturated carbocycles. The van der Waals surface area contributed by atoms with Crippen molar-refractivity contribution < 1.29 is 19.4 Å². The van der Waals surface area contributed by atoms with E-state index < -0.39 is 11.9 Å². The minimum Gasteiger partial charge on any atom is -0.481 e. The van der Waals surface area contributed by atoms with Gasteiger partial charge in [0.05, 0.1) is 25.1 Å². The zero-order valence-electron chi connectivity index (χ0n) is 20.4. The summed E-state index contributed by atoms with van der Waals surface area (Å²) in [5.41, 5.74) is 4.56. The lowest BCUT2D eigenvalue weighted by atomic mass is 9.94.